The molecule has 0 unspecified atom stereocenters. The largest absolute Gasteiger partial charge is 0.316 e. The summed E-state index contributed by atoms with van der Waals surface area (Å²) in [6.07, 6.45) is 2.26. The number of benzene rings is 1. The van der Waals surface area contributed by atoms with E-state index in [9.17, 15) is 4.79 Å². The molecule has 1 fully saturated rings. The minimum atomic E-state index is -0.162. The Morgan fingerprint density at radius 1 is 1.31 bits per heavy atom. The molecule has 1 N–H and O–H groups in total. The molecule has 2 heterocycles. The van der Waals surface area contributed by atoms with Crippen molar-refractivity contribution in [3.63, 3.8) is 0 Å². The van der Waals surface area contributed by atoms with E-state index in [-0.39, 0.29) is 11.7 Å². The van der Waals surface area contributed by atoms with Crippen LogP contribution in [-0.4, -0.2) is 26.4 Å². The fourth-order valence-electron chi connectivity index (χ4n) is 2.59. The monoisotopic (exact) mass is 381 g/mol. The molecule has 0 spiro atoms. The molecule has 1 aromatic carbocycles. The van der Waals surface area contributed by atoms with Crippen LogP contribution < -0.4 is 5.32 Å². The zero-order chi connectivity index (χ0) is 17.9. The number of hydrogen-bond donors (Lipinski definition) is 1. The minimum Gasteiger partial charge on any atom is -0.316 e. The van der Waals surface area contributed by atoms with E-state index in [1.807, 2.05) is 34.9 Å². The van der Waals surface area contributed by atoms with Gasteiger partial charge in [-0.15, -0.1) is 21.5 Å². The average Bonchev–Trinajstić information content (AvgIpc) is 3.27. The van der Waals surface area contributed by atoms with Gasteiger partial charge in [-0.3, -0.25) is 9.36 Å². The molecule has 0 bridgehead atoms. The number of nitrogens with zero attached hydrogens (tertiary/aromatic N) is 4. The first-order valence-electron chi connectivity index (χ1n) is 8.17. The Morgan fingerprint density at radius 3 is 2.85 bits per heavy atom. The zero-order valence-corrected chi connectivity index (χ0v) is 15.4. The number of thioether (sulfide) groups is 1. The topological polar surface area (TPSA) is 83.6 Å². The maximum absolute atomic E-state index is 12.3. The van der Waals surface area contributed by atoms with Gasteiger partial charge in [0.2, 0.25) is 5.91 Å². The molecule has 6 nitrogen and oxygen atoms in total. The molecule has 3 aromatic rings. The number of amides is 1. The summed E-state index contributed by atoms with van der Waals surface area (Å²) in [6.45, 7) is 0. The number of carbonyl (C=O) groups is 1. The van der Waals surface area contributed by atoms with Crippen LogP contribution in [0.3, 0.4) is 0 Å². The number of thiophene rings is 1. The van der Waals surface area contributed by atoms with Crippen LogP contribution in [0.25, 0.3) is 5.69 Å². The summed E-state index contributed by atoms with van der Waals surface area (Å²) in [5, 5.41) is 23.6. The third kappa shape index (κ3) is 3.49. The summed E-state index contributed by atoms with van der Waals surface area (Å²) < 4.78 is 2.04. The van der Waals surface area contributed by atoms with Gasteiger partial charge in [0.25, 0.3) is 0 Å². The smallest absolute Gasteiger partial charge is 0.235 e. The van der Waals surface area contributed by atoms with Crippen molar-refractivity contribution in [1.29, 1.82) is 5.26 Å². The summed E-state index contributed by atoms with van der Waals surface area (Å²) in [5.41, 5.74) is 1.49. The maximum Gasteiger partial charge on any atom is 0.235 e. The van der Waals surface area contributed by atoms with Gasteiger partial charge in [0.05, 0.1) is 11.3 Å². The second-order valence-electron chi connectivity index (χ2n) is 5.90. The number of para-hydroxylation sites is 1. The van der Waals surface area contributed by atoms with Crippen molar-refractivity contribution in [3.8, 4) is 11.8 Å². The Labute approximate surface area is 158 Å². The molecular weight excluding hydrogens is 366 g/mol. The van der Waals surface area contributed by atoms with Crippen LogP contribution in [0.4, 0.5) is 5.00 Å². The lowest BCUT2D eigenvalue weighted by Crippen LogP contribution is -2.14. The maximum atomic E-state index is 12.3. The van der Waals surface area contributed by atoms with Crippen molar-refractivity contribution in [2.45, 2.75) is 23.9 Å². The van der Waals surface area contributed by atoms with Crippen molar-refractivity contribution in [1.82, 2.24) is 14.8 Å². The Kier molecular flexibility index (Phi) is 4.73. The molecule has 1 amide bonds. The van der Waals surface area contributed by atoms with E-state index in [0.29, 0.717) is 21.6 Å². The van der Waals surface area contributed by atoms with E-state index in [4.69, 9.17) is 5.26 Å². The fourth-order valence-corrected chi connectivity index (χ4v) is 4.10. The van der Waals surface area contributed by atoms with Gasteiger partial charge < -0.3 is 5.32 Å². The van der Waals surface area contributed by atoms with Gasteiger partial charge in [0.1, 0.15) is 16.9 Å². The van der Waals surface area contributed by atoms with Crippen LogP contribution in [0.5, 0.6) is 0 Å². The highest BCUT2D eigenvalue weighted by molar-refractivity contribution is 7.99. The van der Waals surface area contributed by atoms with Crippen LogP contribution in [-0.2, 0) is 4.79 Å². The predicted octanol–water partition coefficient (Wildman–Crippen LogP) is 3.81. The lowest BCUT2D eigenvalue weighted by atomic mass is 10.3. The van der Waals surface area contributed by atoms with Gasteiger partial charge in [-0.05, 0) is 36.4 Å². The van der Waals surface area contributed by atoms with Crippen LogP contribution in [0.15, 0.2) is 46.9 Å². The lowest BCUT2D eigenvalue weighted by molar-refractivity contribution is -0.113. The molecule has 4 rings (SSSR count). The normalized spacial score (nSPS) is 13.3. The molecule has 0 radical (unpaired) electrons. The van der Waals surface area contributed by atoms with Gasteiger partial charge in [-0.2, -0.15) is 5.26 Å². The zero-order valence-electron chi connectivity index (χ0n) is 13.8. The summed E-state index contributed by atoms with van der Waals surface area (Å²) in [5.74, 6) is 1.46. The molecular formula is C18H15N5OS2. The van der Waals surface area contributed by atoms with E-state index in [1.165, 1.54) is 23.1 Å². The van der Waals surface area contributed by atoms with E-state index < -0.39 is 0 Å². The highest BCUT2D eigenvalue weighted by Gasteiger charge is 2.31. The number of aromatic nitrogens is 3. The van der Waals surface area contributed by atoms with Crippen molar-refractivity contribution < 1.29 is 4.79 Å². The minimum absolute atomic E-state index is 0.162. The first-order valence-corrected chi connectivity index (χ1v) is 10.0. The molecule has 1 saturated carbocycles. The second-order valence-corrected chi connectivity index (χ2v) is 7.76. The fraction of sp³-hybridized carbons (Fsp3) is 0.222. The Morgan fingerprint density at radius 2 is 2.12 bits per heavy atom. The van der Waals surface area contributed by atoms with Crippen molar-refractivity contribution in [3.05, 3.63) is 53.2 Å². The van der Waals surface area contributed by atoms with Crippen LogP contribution in [0, 0.1) is 11.3 Å². The molecule has 1 aliphatic carbocycles. The predicted molar refractivity (Wildman–Crippen MR) is 102 cm³/mol. The molecule has 8 heteroatoms. The number of carbonyl (C=O) groups excluding carboxylic acids is 1. The van der Waals surface area contributed by atoms with E-state index >= 15 is 0 Å². The van der Waals surface area contributed by atoms with Crippen molar-refractivity contribution in [2.75, 3.05) is 11.1 Å². The van der Waals surface area contributed by atoms with Crippen LogP contribution >= 0.6 is 23.1 Å². The number of hydrogen-bond acceptors (Lipinski definition) is 6. The highest BCUT2D eigenvalue weighted by atomic mass is 32.2. The number of anilines is 1. The number of rotatable bonds is 6. The molecule has 0 aliphatic heterocycles. The summed E-state index contributed by atoms with van der Waals surface area (Å²) in [7, 11) is 0. The summed E-state index contributed by atoms with van der Waals surface area (Å²) >= 11 is 2.69. The first kappa shape index (κ1) is 16.8. The van der Waals surface area contributed by atoms with Gasteiger partial charge in [-0.25, -0.2) is 0 Å². The molecule has 0 atom stereocenters. The third-order valence-electron chi connectivity index (χ3n) is 3.99. The highest BCUT2D eigenvalue weighted by Crippen LogP contribution is 2.41. The van der Waals surface area contributed by atoms with Crippen LogP contribution in [0.2, 0.25) is 0 Å². The second kappa shape index (κ2) is 7.32. The van der Waals surface area contributed by atoms with E-state index in [2.05, 4.69) is 21.6 Å². The molecule has 0 saturated heterocycles. The Balaban J connectivity index is 1.50. The average molecular weight is 381 g/mol. The quantitative estimate of drug-likeness (QED) is 0.657. The first-order chi connectivity index (χ1) is 12.8. The van der Waals surface area contributed by atoms with Gasteiger partial charge in [0, 0.05) is 11.6 Å². The third-order valence-corrected chi connectivity index (χ3v) is 5.75. The summed E-state index contributed by atoms with van der Waals surface area (Å²) in [4.78, 5) is 12.3. The molecule has 26 heavy (non-hydrogen) atoms. The molecule has 1 aliphatic rings. The van der Waals surface area contributed by atoms with E-state index in [0.717, 1.165) is 24.4 Å². The summed E-state index contributed by atoms with van der Waals surface area (Å²) in [6, 6.07) is 13.7. The molecule has 2 aromatic heterocycles. The number of nitriles is 1. The van der Waals surface area contributed by atoms with Gasteiger partial charge >= 0.3 is 0 Å². The van der Waals surface area contributed by atoms with Gasteiger partial charge in [0.15, 0.2) is 5.16 Å². The lowest BCUT2D eigenvalue weighted by Gasteiger charge is -2.09. The molecule has 130 valence electrons. The Hall–Kier alpha value is -2.63. The number of nitrogens with one attached hydrogen (secondary N) is 1. The van der Waals surface area contributed by atoms with Crippen LogP contribution in [0.1, 0.15) is 30.1 Å². The SMILES string of the molecule is N#Cc1ccsc1NC(=O)CSc1nnc(C2CC2)n1-c1ccccc1. The van der Waals surface area contributed by atoms with Crippen molar-refractivity contribution >= 4 is 34.0 Å². The standard InChI is InChI=1S/C18H15N5OS2/c19-10-13-8-9-25-17(13)20-15(24)11-26-18-22-21-16(12-6-7-12)23(18)14-4-2-1-3-5-14/h1-5,8-9,12H,6-7,11H2,(H,20,24). The Bertz CT molecular complexity index is 969. The van der Waals surface area contributed by atoms with Crippen molar-refractivity contribution in [2.24, 2.45) is 0 Å². The van der Waals surface area contributed by atoms with E-state index in [1.54, 1.807) is 11.4 Å². The van der Waals surface area contributed by atoms with Gasteiger partial charge in [-0.1, -0.05) is 30.0 Å².